The van der Waals surface area contributed by atoms with E-state index < -0.39 is 0 Å². The van der Waals surface area contributed by atoms with E-state index in [0.29, 0.717) is 0 Å². The minimum absolute atomic E-state index is 0.281. The van der Waals surface area contributed by atoms with Crippen LogP contribution in [0.25, 0.3) is 0 Å². The molecule has 0 amide bonds. The van der Waals surface area contributed by atoms with E-state index in [1.807, 2.05) is 19.1 Å². The summed E-state index contributed by atoms with van der Waals surface area (Å²) in [6.07, 6.45) is 0. The Morgan fingerprint density at radius 3 is 2.26 bits per heavy atom. The van der Waals surface area contributed by atoms with Crippen molar-refractivity contribution in [2.45, 2.75) is 45.8 Å². The van der Waals surface area contributed by atoms with E-state index in [4.69, 9.17) is 18.8 Å². The molecule has 0 aromatic heterocycles. The van der Waals surface area contributed by atoms with Crippen LogP contribution < -0.4 is 14.9 Å². The van der Waals surface area contributed by atoms with Crippen LogP contribution in [0.4, 0.5) is 0 Å². The van der Waals surface area contributed by atoms with Crippen LogP contribution in [0.5, 0.6) is 11.5 Å². The van der Waals surface area contributed by atoms with Gasteiger partial charge in [-0.1, -0.05) is 6.07 Å². The van der Waals surface area contributed by atoms with E-state index in [-0.39, 0.29) is 25.1 Å². The molecule has 0 atom stereocenters. The fourth-order valence-electron chi connectivity index (χ4n) is 2.35. The van der Waals surface area contributed by atoms with E-state index in [1.165, 1.54) is 0 Å². The number of benzene rings is 1. The molecule has 2 heterocycles. The van der Waals surface area contributed by atoms with E-state index in [2.05, 4.69) is 27.7 Å². The van der Waals surface area contributed by atoms with E-state index in [9.17, 15) is 0 Å². The summed E-state index contributed by atoms with van der Waals surface area (Å²) in [5.74, 6) is 1.59. The molecule has 0 spiro atoms. The lowest BCUT2D eigenvalue weighted by atomic mass is 9.76. The lowest BCUT2D eigenvalue weighted by Gasteiger charge is -2.32. The van der Waals surface area contributed by atoms with Gasteiger partial charge in [0.2, 0.25) is 6.79 Å². The van der Waals surface area contributed by atoms with E-state index in [0.717, 1.165) is 22.5 Å². The predicted octanol–water partition coefficient (Wildman–Crippen LogP) is 2.02. The fourth-order valence-corrected chi connectivity index (χ4v) is 2.35. The van der Waals surface area contributed by atoms with Crippen LogP contribution in [-0.2, 0) is 9.31 Å². The molecular weight excluding hydrogens is 243 g/mol. The molecule has 5 heteroatoms. The fraction of sp³-hybridized carbons (Fsp3) is 0.571. The molecule has 19 heavy (non-hydrogen) atoms. The molecule has 0 saturated carbocycles. The smallest absolute Gasteiger partial charge is 0.454 e. The van der Waals surface area contributed by atoms with Crippen molar-refractivity contribution in [3.8, 4) is 11.5 Å². The molecular formula is C14H19BO4. The van der Waals surface area contributed by atoms with Gasteiger partial charge in [-0.2, -0.15) is 0 Å². The largest absolute Gasteiger partial charge is 0.495 e. The van der Waals surface area contributed by atoms with E-state index in [1.54, 1.807) is 0 Å². The van der Waals surface area contributed by atoms with Gasteiger partial charge in [0.1, 0.15) is 0 Å². The van der Waals surface area contributed by atoms with Crippen LogP contribution >= 0.6 is 0 Å². The van der Waals surface area contributed by atoms with Gasteiger partial charge in [0, 0.05) is 0 Å². The van der Waals surface area contributed by atoms with Gasteiger partial charge < -0.3 is 18.8 Å². The third-order valence-electron chi connectivity index (χ3n) is 4.34. The molecule has 0 radical (unpaired) electrons. The SMILES string of the molecule is Cc1c(B2OC(C)(C)C(C)(C)O2)ccc2c1OCO2. The van der Waals surface area contributed by atoms with Gasteiger partial charge in [0.05, 0.1) is 11.2 Å². The number of ether oxygens (including phenoxy) is 2. The van der Waals surface area contributed by atoms with Gasteiger partial charge in [-0.25, -0.2) is 0 Å². The lowest BCUT2D eigenvalue weighted by molar-refractivity contribution is 0.00578. The number of fused-ring (bicyclic) bond motifs is 1. The van der Waals surface area contributed by atoms with Crippen LogP contribution in [0.1, 0.15) is 33.3 Å². The van der Waals surface area contributed by atoms with Crippen LogP contribution in [0.15, 0.2) is 12.1 Å². The minimum atomic E-state index is -0.362. The van der Waals surface area contributed by atoms with Crippen molar-refractivity contribution in [1.82, 2.24) is 0 Å². The summed E-state index contributed by atoms with van der Waals surface area (Å²) in [7, 11) is -0.362. The monoisotopic (exact) mass is 262 g/mol. The highest BCUT2D eigenvalue weighted by molar-refractivity contribution is 6.62. The van der Waals surface area contributed by atoms with Gasteiger partial charge in [0.15, 0.2) is 11.5 Å². The van der Waals surface area contributed by atoms with Gasteiger partial charge in [0.25, 0.3) is 0 Å². The zero-order valence-corrected chi connectivity index (χ0v) is 12.1. The second kappa shape index (κ2) is 3.90. The second-order valence-electron chi connectivity index (χ2n) is 6.10. The molecule has 1 aromatic carbocycles. The summed E-state index contributed by atoms with van der Waals surface area (Å²) >= 11 is 0. The number of hydrogen-bond donors (Lipinski definition) is 0. The first-order valence-electron chi connectivity index (χ1n) is 6.56. The summed E-state index contributed by atoms with van der Waals surface area (Å²) in [6, 6.07) is 3.90. The Bertz CT molecular complexity index is 508. The molecule has 4 nitrogen and oxygen atoms in total. The first-order chi connectivity index (χ1) is 8.82. The summed E-state index contributed by atoms with van der Waals surface area (Å²) in [6.45, 7) is 10.5. The van der Waals surface area contributed by atoms with Gasteiger partial charge in [-0.05, 0) is 51.7 Å². The van der Waals surface area contributed by atoms with Crippen molar-refractivity contribution >= 4 is 12.6 Å². The van der Waals surface area contributed by atoms with Crippen molar-refractivity contribution in [3.05, 3.63) is 17.7 Å². The van der Waals surface area contributed by atoms with E-state index >= 15 is 0 Å². The summed E-state index contributed by atoms with van der Waals surface area (Å²) in [4.78, 5) is 0. The third kappa shape index (κ3) is 1.83. The van der Waals surface area contributed by atoms with Crippen LogP contribution in [-0.4, -0.2) is 25.1 Å². The maximum atomic E-state index is 6.07. The Kier molecular flexibility index (Phi) is 2.63. The maximum absolute atomic E-state index is 6.07. The van der Waals surface area contributed by atoms with Crippen molar-refractivity contribution in [2.75, 3.05) is 6.79 Å². The zero-order chi connectivity index (χ0) is 13.8. The lowest BCUT2D eigenvalue weighted by Crippen LogP contribution is -2.41. The molecule has 3 rings (SSSR count). The van der Waals surface area contributed by atoms with Crippen LogP contribution in [0.3, 0.4) is 0 Å². The highest BCUT2D eigenvalue weighted by Gasteiger charge is 2.52. The third-order valence-corrected chi connectivity index (χ3v) is 4.34. The molecule has 0 aliphatic carbocycles. The quantitative estimate of drug-likeness (QED) is 0.725. The molecule has 1 fully saturated rings. The maximum Gasteiger partial charge on any atom is 0.495 e. The highest BCUT2D eigenvalue weighted by atomic mass is 16.7. The average Bonchev–Trinajstić information content (AvgIpc) is 2.83. The van der Waals surface area contributed by atoms with Crippen molar-refractivity contribution in [2.24, 2.45) is 0 Å². The molecule has 0 bridgehead atoms. The first-order valence-corrected chi connectivity index (χ1v) is 6.56. The molecule has 1 aromatic rings. The Balaban J connectivity index is 1.97. The predicted molar refractivity (Wildman–Crippen MR) is 73.0 cm³/mol. The van der Waals surface area contributed by atoms with Crippen molar-refractivity contribution in [1.29, 1.82) is 0 Å². The summed E-state index contributed by atoms with van der Waals surface area (Å²) < 4.78 is 23.0. The molecule has 1 saturated heterocycles. The molecule has 2 aliphatic rings. The molecule has 102 valence electrons. The number of hydrogen-bond acceptors (Lipinski definition) is 4. The highest BCUT2D eigenvalue weighted by Crippen LogP contribution is 2.39. The average molecular weight is 262 g/mol. The van der Waals surface area contributed by atoms with Gasteiger partial charge >= 0.3 is 7.12 Å². The Morgan fingerprint density at radius 2 is 1.63 bits per heavy atom. The topological polar surface area (TPSA) is 36.9 Å². The van der Waals surface area contributed by atoms with Gasteiger partial charge in [-0.15, -0.1) is 0 Å². The zero-order valence-electron chi connectivity index (χ0n) is 12.1. The minimum Gasteiger partial charge on any atom is -0.454 e. The molecule has 0 unspecified atom stereocenters. The summed E-state index contributed by atoms with van der Waals surface area (Å²) in [5, 5.41) is 0. The van der Waals surface area contributed by atoms with Gasteiger partial charge in [-0.3, -0.25) is 0 Å². The second-order valence-corrected chi connectivity index (χ2v) is 6.10. The first kappa shape index (κ1) is 12.8. The Labute approximate surface area is 114 Å². The Morgan fingerprint density at radius 1 is 1.00 bits per heavy atom. The normalized spacial score (nSPS) is 22.9. The van der Waals surface area contributed by atoms with Crippen molar-refractivity contribution in [3.63, 3.8) is 0 Å². The standard InChI is InChI=1S/C14H19BO4/c1-9-10(6-7-11-12(9)17-8-16-11)15-18-13(2,3)14(4,5)19-15/h6-7H,8H2,1-5H3. The van der Waals surface area contributed by atoms with Crippen LogP contribution in [0, 0.1) is 6.92 Å². The van der Waals surface area contributed by atoms with Crippen LogP contribution in [0.2, 0.25) is 0 Å². The molecule has 2 aliphatic heterocycles. The van der Waals surface area contributed by atoms with Crippen molar-refractivity contribution < 1.29 is 18.8 Å². The Hall–Kier alpha value is -1.20. The molecule has 0 N–H and O–H groups in total. The summed E-state index contributed by atoms with van der Waals surface area (Å²) in [5.41, 5.74) is 1.36. The number of rotatable bonds is 1.